The third-order valence-electron chi connectivity index (χ3n) is 2.39. The molecule has 2 aromatic rings. The summed E-state index contributed by atoms with van der Waals surface area (Å²) in [5.41, 5.74) is 1.34. The highest BCUT2D eigenvalue weighted by atomic mass is 19.1. The Morgan fingerprint density at radius 3 is 2.67 bits per heavy atom. The minimum absolute atomic E-state index is 0.0766. The van der Waals surface area contributed by atoms with Gasteiger partial charge in [-0.15, -0.1) is 0 Å². The van der Waals surface area contributed by atoms with Crippen molar-refractivity contribution in [2.75, 3.05) is 5.32 Å². The highest BCUT2D eigenvalue weighted by Gasteiger charge is 2.06. The van der Waals surface area contributed by atoms with Gasteiger partial charge in [0.1, 0.15) is 5.82 Å². The number of carboxylic acids is 1. The summed E-state index contributed by atoms with van der Waals surface area (Å²) >= 11 is 0. The summed E-state index contributed by atoms with van der Waals surface area (Å²) in [5.74, 6) is -1.73. The molecule has 0 unspecified atom stereocenters. The van der Waals surface area contributed by atoms with Crippen molar-refractivity contribution in [1.29, 1.82) is 0 Å². The number of anilines is 1. The molecule has 1 aromatic carbocycles. The molecule has 5 heteroatoms. The van der Waals surface area contributed by atoms with E-state index in [1.165, 1.54) is 12.1 Å². The molecule has 0 amide bonds. The first-order valence-electron chi connectivity index (χ1n) is 5.32. The first-order valence-corrected chi connectivity index (χ1v) is 5.32. The standard InChI is InChI=1S/C13H11FN2O2/c14-11-5-10(13(17)18)6-12(7-11)16-8-9-1-3-15-4-2-9/h1-7,16H,8H2,(H,17,18). The second kappa shape index (κ2) is 5.27. The quantitative estimate of drug-likeness (QED) is 0.870. The second-order valence-electron chi connectivity index (χ2n) is 3.74. The van der Waals surface area contributed by atoms with Gasteiger partial charge < -0.3 is 10.4 Å². The van der Waals surface area contributed by atoms with Gasteiger partial charge >= 0.3 is 5.97 Å². The molecule has 0 radical (unpaired) electrons. The number of nitrogens with zero attached hydrogens (tertiary/aromatic N) is 1. The van der Waals surface area contributed by atoms with Crippen LogP contribution in [0.4, 0.5) is 10.1 Å². The Hall–Kier alpha value is -2.43. The molecule has 2 rings (SSSR count). The van der Waals surface area contributed by atoms with Gasteiger partial charge in [0.15, 0.2) is 0 Å². The molecular formula is C13H11FN2O2. The van der Waals surface area contributed by atoms with Gasteiger partial charge in [0.2, 0.25) is 0 Å². The predicted octanol–water partition coefficient (Wildman–Crippen LogP) is 2.53. The smallest absolute Gasteiger partial charge is 0.335 e. The SMILES string of the molecule is O=C(O)c1cc(F)cc(NCc2ccncc2)c1. The molecule has 0 saturated carbocycles. The third kappa shape index (κ3) is 3.04. The molecule has 0 aliphatic heterocycles. The number of aromatic nitrogens is 1. The van der Waals surface area contributed by atoms with Crippen LogP contribution in [0.15, 0.2) is 42.7 Å². The minimum Gasteiger partial charge on any atom is -0.478 e. The molecule has 92 valence electrons. The van der Waals surface area contributed by atoms with Crippen molar-refractivity contribution in [1.82, 2.24) is 4.98 Å². The number of carboxylic acid groups (broad SMARTS) is 1. The molecule has 2 N–H and O–H groups in total. The number of carbonyl (C=O) groups is 1. The van der Waals surface area contributed by atoms with E-state index in [0.717, 1.165) is 11.6 Å². The van der Waals surface area contributed by atoms with Gasteiger partial charge in [0.25, 0.3) is 0 Å². The largest absolute Gasteiger partial charge is 0.478 e. The lowest BCUT2D eigenvalue weighted by atomic mass is 10.2. The van der Waals surface area contributed by atoms with E-state index < -0.39 is 11.8 Å². The second-order valence-corrected chi connectivity index (χ2v) is 3.74. The predicted molar refractivity (Wildman–Crippen MR) is 64.9 cm³/mol. The summed E-state index contributed by atoms with van der Waals surface area (Å²) in [4.78, 5) is 14.7. The summed E-state index contributed by atoms with van der Waals surface area (Å²) in [7, 11) is 0. The van der Waals surface area contributed by atoms with Crippen LogP contribution in [0, 0.1) is 5.82 Å². The summed E-state index contributed by atoms with van der Waals surface area (Å²) in [6.07, 6.45) is 3.32. The molecule has 1 heterocycles. The maximum atomic E-state index is 13.2. The van der Waals surface area contributed by atoms with Gasteiger partial charge in [-0.2, -0.15) is 0 Å². The number of hydrogen-bond acceptors (Lipinski definition) is 3. The molecule has 4 nitrogen and oxygen atoms in total. The van der Waals surface area contributed by atoms with E-state index in [9.17, 15) is 9.18 Å². The zero-order valence-electron chi connectivity index (χ0n) is 9.43. The van der Waals surface area contributed by atoms with E-state index in [4.69, 9.17) is 5.11 Å². The van der Waals surface area contributed by atoms with E-state index in [1.807, 2.05) is 12.1 Å². The number of halogens is 1. The van der Waals surface area contributed by atoms with Crippen LogP contribution < -0.4 is 5.32 Å². The van der Waals surface area contributed by atoms with Gasteiger partial charge in [-0.25, -0.2) is 9.18 Å². The van der Waals surface area contributed by atoms with Gasteiger partial charge in [-0.05, 0) is 35.9 Å². The van der Waals surface area contributed by atoms with Gasteiger partial charge in [-0.1, -0.05) is 0 Å². The Bertz CT molecular complexity index is 558. The molecule has 0 saturated heterocycles. The Balaban J connectivity index is 2.12. The van der Waals surface area contributed by atoms with Crippen LogP contribution in [-0.4, -0.2) is 16.1 Å². The molecule has 0 aliphatic carbocycles. The fraction of sp³-hybridized carbons (Fsp3) is 0.0769. The van der Waals surface area contributed by atoms with Crippen LogP contribution in [0.3, 0.4) is 0 Å². The van der Waals surface area contributed by atoms with E-state index in [-0.39, 0.29) is 5.56 Å². The fourth-order valence-corrected chi connectivity index (χ4v) is 1.52. The van der Waals surface area contributed by atoms with Gasteiger partial charge in [0, 0.05) is 24.6 Å². The number of nitrogens with one attached hydrogen (secondary N) is 1. The van der Waals surface area contributed by atoms with Crippen LogP contribution >= 0.6 is 0 Å². The maximum absolute atomic E-state index is 13.2. The summed E-state index contributed by atoms with van der Waals surface area (Å²) < 4.78 is 13.2. The molecule has 0 fully saturated rings. The van der Waals surface area contributed by atoms with Crippen molar-refractivity contribution in [3.8, 4) is 0 Å². The third-order valence-corrected chi connectivity index (χ3v) is 2.39. The van der Waals surface area contributed by atoms with E-state index in [1.54, 1.807) is 12.4 Å². The number of hydrogen-bond donors (Lipinski definition) is 2. The lowest BCUT2D eigenvalue weighted by molar-refractivity contribution is 0.0696. The molecule has 0 bridgehead atoms. The topological polar surface area (TPSA) is 62.2 Å². The molecule has 18 heavy (non-hydrogen) atoms. The van der Waals surface area contributed by atoms with Crippen molar-refractivity contribution in [2.45, 2.75) is 6.54 Å². The summed E-state index contributed by atoms with van der Waals surface area (Å²) in [5, 5.41) is 11.8. The Morgan fingerprint density at radius 2 is 2.00 bits per heavy atom. The zero-order chi connectivity index (χ0) is 13.0. The molecular weight excluding hydrogens is 235 g/mol. The molecule has 0 spiro atoms. The monoisotopic (exact) mass is 246 g/mol. The average molecular weight is 246 g/mol. The molecule has 1 aromatic heterocycles. The van der Waals surface area contributed by atoms with E-state index >= 15 is 0 Å². The lowest BCUT2D eigenvalue weighted by Crippen LogP contribution is -2.03. The van der Waals surface area contributed by atoms with Crippen molar-refractivity contribution >= 4 is 11.7 Å². The first-order chi connectivity index (χ1) is 8.65. The molecule has 0 aliphatic rings. The first kappa shape index (κ1) is 12.0. The number of benzene rings is 1. The van der Waals surface area contributed by atoms with Crippen LogP contribution in [0.1, 0.15) is 15.9 Å². The number of rotatable bonds is 4. The van der Waals surface area contributed by atoms with Crippen molar-refractivity contribution in [3.63, 3.8) is 0 Å². The van der Waals surface area contributed by atoms with Crippen molar-refractivity contribution in [2.24, 2.45) is 0 Å². The average Bonchev–Trinajstić information content (AvgIpc) is 2.37. The Kier molecular flexibility index (Phi) is 3.52. The highest BCUT2D eigenvalue weighted by molar-refractivity contribution is 5.88. The Labute approximate surface area is 103 Å². The Morgan fingerprint density at radius 1 is 1.28 bits per heavy atom. The summed E-state index contributed by atoms with van der Waals surface area (Å²) in [6, 6.07) is 7.29. The van der Waals surface area contributed by atoms with Crippen molar-refractivity contribution < 1.29 is 14.3 Å². The van der Waals surface area contributed by atoms with E-state index in [0.29, 0.717) is 12.2 Å². The lowest BCUT2D eigenvalue weighted by Gasteiger charge is -2.07. The van der Waals surface area contributed by atoms with Gasteiger partial charge in [0.05, 0.1) is 5.56 Å². The van der Waals surface area contributed by atoms with Crippen molar-refractivity contribution in [3.05, 3.63) is 59.7 Å². The van der Waals surface area contributed by atoms with Gasteiger partial charge in [-0.3, -0.25) is 4.98 Å². The summed E-state index contributed by atoms with van der Waals surface area (Å²) in [6.45, 7) is 0.477. The van der Waals surface area contributed by atoms with Crippen LogP contribution in [0.5, 0.6) is 0 Å². The zero-order valence-corrected chi connectivity index (χ0v) is 9.43. The fourth-order valence-electron chi connectivity index (χ4n) is 1.52. The number of aromatic carboxylic acids is 1. The molecule has 0 atom stereocenters. The maximum Gasteiger partial charge on any atom is 0.335 e. The normalized spacial score (nSPS) is 10.1. The number of pyridine rings is 1. The minimum atomic E-state index is -1.15. The van der Waals surface area contributed by atoms with E-state index in [2.05, 4.69) is 10.3 Å². The van der Waals surface area contributed by atoms with Crippen LogP contribution in [0.25, 0.3) is 0 Å². The van der Waals surface area contributed by atoms with Crippen LogP contribution in [-0.2, 0) is 6.54 Å². The van der Waals surface area contributed by atoms with Crippen LogP contribution in [0.2, 0.25) is 0 Å². The highest BCUT2D eigenvalue weighted by Crippen LogP contribution is 2.15.